The van der Waals surface area contributed by atoms with Gasteiger partial charge in [-0.2, -0.15) is 0 Å². The second-order valence-electron chi connectivity index (χ2n) is 5.63. The van der Waals surface area contributed by atoms with Gasteiger partial charge in [-0.15, -0.1) is 17.9 Å². The number of rotatable bonds is 4. The van der Waals surface area contributed by atoms with Crippen molar-refractivity contribution >= 4 is 22.9 Å². The summed E-state index contributed by atoms with van der Waals surface area (Å²) >= 11 is 1.52. The molecule has 0 saturated carbocycles. The first-order valence-corrected chi connectivity index (χ1v) is 8.80. The monoisotopic (exact) mass is 348 g/mol. The highest BCUT2D eigenvalue weighted by molar-refractivity contribution is 7.13. The molecule has 0 unspecified atom stereocenters. The second kappa shape index (κ2) is 6.49. The molecule has 5 nitrogen and oxygen atoms in total. The molecule has 25 heavy (non-hydrogen) atoms. The molecule has 0 bridgehead atoms. The Bertz CT molecular complexity index is 922. The van der Waals surface area contributed by atoms with Crippen molar-refractivity contribution in [2.24, 2.45) is 0 Å². The fourth-order valence-electron chi connectivity index (χ4n) is 2.87. The minimum atomic E-state index is -0.325. The van der Waals surface area contributed by atoms with Gasteiger partial charge in [0.15, 0.2) is 0 Å². The highest BCUT2D eigenvalue weighted by Gasteiger charge is 2.33. The molecule has 0 fully saturated rings. The molecule has 0 radical (unpaired) electrons. The van der Waals surface area contributed by atoms with Crippen LogP contribution in [0.3, 0.4) is 0 Å². The van der Waals surface area contributed by atoms with Crippen molar-refractivity contribution in [2.75, 3.05) is 11.9 Å². The number of nitrogens with one attached hydrogen (secondary N) is 1. The van der Waals surface area contributed by atoms with E-state index < -0.39 is 0 Å². The van der Waals surface area contributed by atoms with Crippen LogP contribution in [0.1, 0.15) is 22.2 Å². The van der Waals surface area contributed by atoms with Gasteiger partial charge in [-0.3, -0.25) is 9.78 Å². The maximum absolute atomic E-state index is 12.9. The van der Waals surface area contributed by atoms with Crippen LogP contribution in [0.2, 0.25) is 0 Å². The van der Waals surface area contributed by atoms with Crippen LogP contribution in [0.5, 0.6) is 0 Å². The molecule has 0 spiro atoms. The van der Waals surface area contributed by atoms with Crippen LogP contribution in [-0.2, 0) is 0 Å². The molecular weight excluding hydrogens is 332 g/mol. The number of pyridine rings is 1. The van der Waals surface area contributed by atoms with Crippen molar-refractivity contribution < 1.29 is 4.79 Å². The summed E-state index contributed by atoms with van der Waals surface area (Å²) in [6.45, 7) is 4.22. The molecule has 1 aliphatic heterocycles. The molecule has 0 aliphatic carbocycles. The topological polar surface area (TPSA) is 58.1 Å². The lowest BCUT2D eigenvalue weighted by Crippen LogP contribution is -2.43. The predicted octanol–water partition coefficient (Wildman–Crippen LogP) is 3.96. The fourth-order valence-corrected chi connectivity index (χ4v) is 3.69. The average molecular weight is 348 g/mol. The average Bonchev–Trinajstić information content (AvgIpc) is 3.15. The largest absolute Gasteiger partial charge is 0.359 e. The van der Waals surface area contributed by atoms with E-state index in [0.29, 0.717) is 12.1 Å². The molecule has 1 aromatic carbocycles. The fraction of sp³-hybridized carbons (Fsp3) is 0.105. The predicted molar refractivity (Wildman–Crippen MR) is 99.4 cm³/mol. The Labute approximate surface area is 149 Å². The number of aromatic nitrogens is 2. The third-order valence-electron chi connectivity index (χ3n) is 4.03. The highest BCUT2D eigenvalue weighted by atomic mass is 32.1. The highest BCUT2D eigenvalue weighted by Crippen LogP contribution is 2.34. The molecule has 3 aromatic rings. The Morgan fingerprint density at radius 1 is 1.24 bits per heavy atom. The molecule has 1 aliphatic rings. The van der Waals surface area contributed by atoms with E-state index in [0.717, 1.165) is 22.1 Å². The van der Waals surface area contributed by atoms with E-state index in [9.17, 15) is 4.79 Å². The summed E-state index contributed by atoms with van der Waals surface area (Å²) < 4.78 is 0. The van der Waals surface area contributed by atoms with Gasteiger partial charge in [0, 0.05) is 23.8 Å². The van der Waals surface area contributed by atoms with E-state index in [2.05, 4.69) is 16.9 Å². The van der Waals surface area contributed by atoms with Gasteiger partial charge in [0.2, 0.25) is 0 Å². The van der Waals surface area contributed by atoms with Crippen molar-refractivity contribution in [1.29, 1.82) is 0 Å². The Morgan fingerprint density at radius 2 is 2.08 bits per heavy atom. The van der Waals surface area contributed by atoms with Gasteiger partial charge in [-0.05, 0) is 24.3 Å². The standard InChI is InChI=1S/C19H16N4OS/c1-2-11-23-17(21-14-8-4-3-7-13(14)19(23)24)16-12-25-18(22-16)15-9-5-6-10-20-15/h2-10,12,17,21H,1,11H2/t17-/m0/s1. The van der Waals surface area contributed by atoms with Crippen LogP contribution in [0.25, 0.3) is 10.7 Å². The summed E-state index contributed by atoms with van der Waals surface area (Å²) in [6.07, 6.45) is 3.15. The number of hydrogen-bond acceptors (Lipinski definition) is 5. The Kier molecular flexibility index (Phi) is 4.03. The number of thiazole rings is 1. The number of anilines is 1. The van der Waals surface area contributed by atoms with E-state index in [1.54, 1.807) is 17.2 Å². The van der Waals surface area contributed by atoms with Gasteiger partial charge in [0.25, 0.3) is 5.91 Å². The maximum atomic E-state index is 12.9. The quantitative estimate of drug-likeness (QED) is 0.725. The van der Waals surface area contributed by atoms with Gasteiger partial charge in [-0.1, -0.05) is 24.3 Å². The normalized spacial score (nSPS) is 16.2. The first-order valence-electron chi connectivity index (χ1n) is 7.92. The lowest BCUT2D eigenvalue weighted by Gasteiger charge is -2.36. The molecule has 3 heterocycles. The number of carbonyl (C=O) groups excluding carboxylic acids is 1. The Balaban J connectivity index is 1.72. The van der Waals surface area contributed by atoms with Gasteiger partial charge in [-0.25, -0.2) is 4.98 Å². The third kappa shape index (κ3) is 2.81. The number of fused-ring (bicyclic) bond motifs is 1. The zero-order valence-electron chi connectivity index (χ0n) is 13.4. The summed E-state index contributed by atoms with van der Waals surface area (Å²) in [4.78, 5) is 23.7. The first-order chi connectivity index (χ1) is 12.3. The van der Waals surface area contributed by atoms with Crippen LogP contribution in [-0.4, -0.2) is 27.3 Å². The first kappa shape index (κ1) is 15.5. The number of carbonyl (C=O) groups is 1. The minimum Gasteiger partial charge on any atom is -0.359 e. The molecule has 2 aromatic heterocycles. The summed E-state index contributed by atoms with van der Waals surface area (Å²) in [5, 5.41) is 6.23. The van der Waals surface area contributed by atoms with E-state index in [1.807, 2.05) is 47.8 Å². The SMILES string of the molecule is C=CCN1C(=O)c2ccccc2N[C@@H]1c1csc(-c2ccccn2)n1. The molecule has 4 rings (SSSR count). The molecular formula is C19H16N4OS. The van der Waals surface area contributed by atoms with E-state index >= 15 is 0 Å². The number of hydrogen-bond donors (Lipinski definition) is 1. The summed E-state index contributed by atoms with van der Waals surface area (Å²) in [5.41, 5.74) is 3.12. The Morgan fingerprint density at radius 3 is 2.88 bits per heavy atom. The lowest BCUT2D eigenvalue weighted by atomic mass is 10.1. The van der Waals surface area contributed by atoms with E-state index in [4.69, 9.17) is 4.98 Å². The van der Waals surface area contributed by atoms with Gasteiger partial charge < -0.3 is 10.2 Å². The number of nitrogens with zero attached hydrogens (tertiary/aromatic N) is 3. The van der Waals surface area contributed by atoms with Crippen LogP contribution in [0.15, 0.2) is 66.7 Å². The lowest BCUT2D eigenvalue weighted by molar-refractivity contribution is 0.0705. The van der Waals surface area contributed by atoms with Crippen LogP contribution >= 0.6 is 11.3 Å². The molecule has 1 atom stereocenters. The van der Waals surface area contributed by atoms with Crippen molar-refractivity contribution in [3.8, 4) is 10.7 Å². The molecule has 6 heteroatoms. The molecule has 124 valence electrons. The van der Waals surface area contributed by atoms with Gasteiger partial charge in [0.1, 0.15) is 11.2 Å². The summed E-state index contributed by atoms with van der Waals surface area (Å²) in [7, 11) is 0. The van der Waals surface area contributed by atoms with Crippen LogP contribution in [0, 0.1) is 0 Å². The van der Waals surface area contributed by atoms with Crippen molar-refractivity contribution in [3.05, 3.63) is 78.0 Å². The number of amides is 1. The maximum Gasteiger partial charge on any atom is 0.258 e. The molecule has 1 N–H and O–H groups in total. The van der Waals surface area contributed by atoms with E-state index in [1.165, 1.54) is 11.3 Å². The second-order valence-corrected chi connectivity index (χ2v) is 6.49. The smallest absolute Gasteiger partial charge is 0.258 e. The minimum absolute atomic E-state index is 0.0216. The zero-order chi connectivity index (χ0) is 17.2. The molecule has 1 amide bonds. The van der Waals surface area contributed by atoms with Crippen molar-refractivity contribution in [3.63, 3.8) is 0 Å². The van der Waals surface area contributed by atoms with Crippen LogP contribution in [0.4, 0.5) is 5.69 Å². The van der Waals surface area contributed by atoms with Gasteiger partial charge in [0.05, 0.1) is 17.0 Å². The van der Waals surface area contributed by atoms with Gasteiger partial charge >= 0.3 is 0 Å². The summed E-state index contributed by atoms with van der Waals surface area (Å²) in [6, 6.07) is 13.3. The Hall–Kier alpha value is -2.99. The van der Waals surface area contributed by atoms with Crippen molar-refractivity contribution in [1.82, 2.24) is 14.9 Å². The summed E-state index contributed by atoms with van der Waals surface area (Å²) in [5.74, 6) is -0.0216. The van der Waals surface area contributed by atoms with E-state index in [-0.39, 0.29) is 12.1 Å². The number of para-hydroxylation sites is 1. The zero-order valence-corrected chi connectivity index (χ0v) is 14.2. The van der Waals surface area contributed by atoms with Crippen molar-refractivity contribution in [2.45, 2.75) is 6.17 Å². The third-order valence-corrected chi connectivity index (χ3v) is 4.92. The van der Waals surface area contributed by atoms with Crippen LogP contribution < -0.4 is 5.32 Å². The number of benzene rings is 1. The molecule has 0 saturated heterocycles.